The van der Waals surface area contributed by atoms with Gasteiger partial charge >= 0.3 is 0 Å². The number of carbonyl (C=O) groups is 2. The molecule has 1 aliphatic rings. The van der Waals surface area contributed by atoms with Crippen molar-refractivity contribution in [1.82, 2.24) is 5.32 Å². The van der Waals surface area contributed by atoms with E-state index in [1.807, 2.05) is 30.3 Å². The highest BCUT2D eigenvalue weighted by atomic mass is 35.5. The van der Waals surface area contributed by atoms with Crippen LogP contribution in [0.5, 0.6) is 0 Å². The van der Waals surface area contributed by atoms with Crippen molar-refractivity contribution in [3.63, 3.8) is 0 Å². The fourth-order valence-electron chi connectivity index (χ4n) is 3.08. The topological polar surface area (TPSA) is 49.4 Å². The summed E-state index contributed by atoms with van der Waals surface area (Å²) in [6.45, 7) is 3.00. The first-order valence-corrected chi connectivity index (χ1v) is 8.81. The maximum Gasteiger partial charge on any atom is 0.227 e. The van der Waals surface area contributed by atoms with Gasteiger partial charge < -0.3 is 10.2 Å². The normalized spacial score (nSPS) is 18.2. The van der Waals surface area contributed by atoms with E-state index in [0.717, 1.165) is 0 Å². The molecular weight excluding hydrogens is 336 g/mol. The first kappa shape index (κ1) is 17.5. The van der Waals surface area contributed by atoms with E-state index in [2.05, 4.69) is 24.4 Å². The van der Waals surface area contributed by atoms with E-state index in [9.17, 15) is 9.59 Å². The van der Waals surface area contributed by atoms with Crippen molar-refractivity contribution in [2.75, 3.05) is 18.0 Å². The van der Waals surface area contributed by atoms with Gasteiger partial charge in [0, 0.05) is 19.5 Å². The Balaban J connectivity index is 1.59. The van der Waals surface area contributed by atoms with Gasteiger partial charge in [-0.2, -0.15) is 0 Å². The summed E-state index contributed by atoms with van der Waals surface area (Å²) in [6.07, 6.45) is 0.219. The molecule has 0 unspecified atom stereocenters. The minimum Gasteiger partial charge on any atom is -0.355 e. The van der Waals surface area contributed by atoms with Crippen LogP contribution in [0.1, 0.15) is 24.8 Å². The van der Waals surface area contributed by atoms with Crippen LogP contribution in [-0.2, 0) is 9.59 Å². The molecule has 2 aromatic rings. The molecule has 0 aromatic heterocycles. The third-order valence-corrected chi connectivity index (χ3v) is 4.91. The molecule has 130 valence electrons. The molecule has 5 heteroatoms. The zero-order valence-electron chi connectivity index (χ0n) is 14.1. The summed E-state index contributed by atoms with van der Waals surface area (Å²) in [6, 6.07) is 17.3. The largest absolute Gasteiger partial charge is 0.355 e. The summed E-state index contributed by atoms with van der Waals surface area (Å²) in [4.78, 5) is 26.4. The van der Waals surface area contributed by atoms with Crippen molar-refractivity contribution in [2.24, 2.45) is 5.92 Å². The number of carbonyl (C=O) groups excluding carboxylic acids is 2. The molecule has 0 radical (unpaired) electrons. The second-order valence-corrected chi connectivity index (χ2v) is 6.82. The van der Waals surface area contributed by atoms with E-state index in [4.69, 9.17) is 11.6 Å². The fourth-order valence-corrected chi connectivity index (χ4v) is 3.32. The average molecular weight is 357 g/mol. The first-order valence-electron chi connectivity index (χ1n) is 8.44. The zero-order valence-corrected chi connectivity index (χ0v) is 14.9. The maximum atomic E-state index is 12.5. The Morgan fingerprint density at radius 1 is 1.20 bits per heavy atom. The number of para-hydroxylation sites is 1. The molecule has 1 saturated heterocycles. The van der Waals surface area contributed by atoms with Gasteiger partial charge in [0.1, 0.15) is 0 Å². The summed E-state index contributed by atoms with van der Waals surface area (Å²) >= 11 is 6.17. The molecule has 25 heavy (non-hydrogen) atoms. The minimum atomic E-state index is -0.341. The molecule has 1 N–H and O–H groups in total. The van der Waals surface area contributed by atoms with Gasteiger partial charge in [0.2, 0.25) is 11.8 Å². The van der Waals surface area contributed by atoms with Crippen molar-refractivity contribution < 1.29 is 9.59 Å². The van der Waals surface area contributed by atoms with Crippen LogP contribution in [0.4, 0.5) is 5.69 Å². The quantitative estimate of drug-likeness (QED) is 0.889. The van der Waals surface area contributed by atoms with Gasteiger partial charge in [-0.25, -0.2) is 0 Å². The van der Waals surface area contributed by atoms with Crippen LogP contribution in [-0.4, -0.2) is 24.9 Å². The standard InChI is InChI=1S/C20H21ClN2O2/c1-14(15-7-3-2-4-8-15)12-22-20(25)16-11-19(24)23(13-16)18-10-6-5-9-17(18)21/h2-10,14,16H,11-13H2,1H3,(H,22,25)/t14-,16-/m0/s1. The SMILES string of the molecule is C[C@@H](CNC(=O)[C@H]1CC(=O)N(c2ccccc2Cl)C1)c1ccccc1. The highest BCUT2D eigenvalue weighted by Crippen LogP contribution is 2.31. The van der Waals surface area contributed by atoms with E-state index in [-0.39, 0.29) is 30.1 Å². The Morgan fingerprint density at radius 2 is 1.88 bits per heavy atom. The van der Waals surface area contributed by atoms with E-state index in [1.165, 1.54) is 5.56 Å². The van der Waals surface area contributed by atoms with Crippen LogP contribution in [0.3, 0.4) is 0 Å². The molecule has 4 nitrogen and oxygen atoms in total. The summed E-state index contributed by atoms with van der Waals surface area (Å²) in [5.74, 6) is -0.260. The van der Waals surface area contributed by atoms with E-state index >= 15 is 0 Å². The summed E-state index contributed by atoms with van der Waals surface area (Å²) in [7, 11) is 0. The number of rotatable bonds is 5. The highest BCUT2D eigenvalue weighted by Gasteiger charge is 2.35. The number of hydrogen-bond donors (Lipinski definition) is 1. The van der Waals surface area contributed by atoms with Crippen molar-refractivity contribution >= 4 is 29.1 Å². The van der Waals surface area contributed by atoms with Gasteiger partial charge in [0.25, 0.3) is 0 Å². The molecule has 0 bridgehead atoms. The Bertz CT molecular complexity index is 763. The van der Waals surface area contributed by atoms with Gasteiger partial charge in [0.05, 0.1) is 16.6 Å². The van der Waals surface area contributed by atoms with Crippen LogP contribution in [0.2, 0.25) is 5.02 Å². The number of benzene rings is 2. The summed E-state index contributed by atoms with van der Waals surface area (Å²) in [5.41, 5.74) is 1.85. The van der Waals surface area contributed by atoms with E-state index < -0.39 is 0 Å². The first-order chi connectivity index (χ1) is 12.1. The van der Waals surface area contributed by atoms with E-state index in [0.29, 0.717) is 23.8 Å². The molecule has 1 aliphatic heterocycles. The number of nitrogens with one attached hydrogen (secondary N) is 1. The van der Waals surface area contributed by atoms with Crippen molar-refractivity contribution in [2.45, 2.75) is 19.3 Å². The molecule has 2 amide bonds. The molecule has 2 aromatic carbocycles. The van der Waals surface area contributed by atoms with Crippen LogP contribution in [0, 0.1) is 5.92 Å². The molecule has 3 rings (SSSR count). The average Bonchev–Trinajstić information content (AvgIpc) is 3.02. The van der Waals surface area contributed by atoms with Crippen LogP contribution >= 0.6 is 11.6 Å². The van der Waals surface area contributed by atoms with Gasteiger partial charge in [-0.15, -0.1) is 0 Å². The fraction of sp³-hybridized carbons (Fsp3) is 0.300. The van der Waals surface area contributed by atoms with Crippen LogP contribution < -0.4 is 10.2 Å². The van der Waals surface area contributed by atoms with E-state index in [1.54, 1.807) is 17.0 Å². The Hall–Kier alpha value is -2.33. The molecule has 1 heterocycles. The number of amides is 2. The Morgan fingerprint density at radius 3 is 2.60 bits per heavy atom. The van der Waals surface area contributed by atoms with Crippen LogP contribution in [0.15, 0.2) is 54.6 Å². The second-order valence-electron chi connectivity index (χ2n) is 6.41. The molecule has 2 atom stereocenters. The van der Waals surface area contributed by atoms with Crippen molar-refractivity contribution in [3.8, 4) is 0 Å². The lowest BCUT2D eigenvalue weighted by atomic mass is 10.0. The van der Waals surface area contributed by atoms with Crippen molar-refractivity contribution in [1.29, 1.82) is 0 Å². The summed E-state index contributed by atoms with van der Waals surface area (Å²) in [5, 5.41) is 3.50. The highest BCUT2D eigenvalue weighted by molar-refractivity contribution is 6.33. The Kier molecular flexibility index (Phi) is 5.39. The monoisotopic (exact) mass is 356 g/mol. The van der Waals surface area contributed by atoms with Gasteiger partial charge in [0.15, 0.2) is 0 Å². The molecular formula is C20H21ClN2O2. The third kappa shape index (κ3) is 4.02. The van der Waals surface area contributed by atoms with Gasteiger partial charge in [-0.1, -0.05) is 61.0 Å². The van der Waals surface area contributed by atoms with Crippen molar-refractivity contribution in [3.05, 3.63) is 65.2 Å². The maximum absolute atomic E-state index is 12.5. The molecule has 0 aliphatic carbocycles. The number of anilines is 1. The zero-order chi connectivity index (χ0) is 17.8. The second kappa shape index (κ2) is 7.70. The lowest BCUT2D eigenvalue weighted by Crippen LogP contribution is -2.35. The molecule has 0 spiro atoms. The van der Waals surface area contributed by atoms with Gasteiger partial charge in [-0.3, -0.25) is 9.59 Å². The Labute approximate surface area is 152 Å². The predicted molar refractivity (Wildman–Crippen MR) is 99.8 cm³/mol. The minimum absolute atomic E-state index is 0.0654. The lowest BCUT2D eigenvalue weighted by molar-refractivity contribution is -0.126. The van der Waals surface area contributed by atoms with Crippen LogP contribution in [0.25, 0.3) is 0 Å². The van der Waals surface area contributed by atoms with Gasteiger partial charge in [-0.05, 0) is 23.6 Å². The third-order valence-electron chi connectivity index (χ3n) is 4.59. The predicted octanol–water partition coefficient (Wildman–Crippen LogP) is 3.61. The molecule has 0 saturated carbocycles. The smallest absolute Gasteiger partial charge is 0.227 e. The lowest BCUT2D eigenvalue weighted by Gasteiger charge is -2.18. The summed E-state index contributed by atoms with van der Waals surface area (Å²) < 4.78 is 0. The number of hydrogen-bond acceptors (Lipinski definition) is 2. The number of nitrogens with zero attached hydrogens (tertiary/aromatic N) is 1. The molecule has 1 fully saturated rings. The number of halogens is 1.